The van der Waals surface area contributed by atoms with Gasteiger partial charge in [-0.2, -0.15) is 0 Å². The Hall–Kier alpha value is -3.96. The summed E-state index contributed by atoms with van der Waals surface area (Å²) in [6.07, 6.45) is 2.22. The van der Waals surface area contributed by atoms with E-state index in [9.17, 15) is 34.5 Å². The zero-order valence-electron chi connectivity index (χ0n) is 21.5. The maximum atomic E-state index is 13.5. The lowest BCUT2D eigenvalue weighted by Gasteiger charge is -2.38. The van der Waals surface area contributed by atoms with Crippen molar-refractivity contribution in [1.82, 2.24) is 5.32 Å². The van der Waals surface area contributed by atoms with Crippen LogP contribution in [0.25, 0.3) is 33.4 Å². The average molecular weight is 592 g/mol. The Bertz CT molecular complexity index is 1730. The van der Waals surface area contributed by atoms with Crippen molar-refractivity contribution in [2.24, 2.45) is 5.92 Å². The van der Waals surface area contributed by atoms with Crippen LogP contribution in [0.1, 0.15) is 46.4 Å². The number of hydrogen-bond acceptors (Lipinski definition) is 8. The summed E-state index contributed by atoms with van der Waals surface area (Å²) >= 11 is 0. The van der Waals surface area contributed by atoms with Gasteiger partial charge in [0.1, 0.15) is 17.1 Å². The number of phenols is 1. The largest absolute Gasteiger partial charge is 0.508 e. The topological polar surface area (TPSA) is 154 Å². The standard InChI is InChI=1S/C30H25NO8S2/c32-17-4-7-20-23(12-17)39-24-13-18(33)5-8-21(24)27(20)22-9-15(2-6-19(22)30(37)38)29(36)31-16-3-1-14(10-26(34)35)28-25(11-16)40-41-28/h2,4-9,12-14,16,25,28,32H,1,3,10-11H2,(H,31,36)(H,34,35)(H,37,38). The molecule has 4 atom stereocenters. The van der Waals surface area contributed by atoms with Gasteiger partial charge in [0, 0.05) is 57.2 Å². The molecule has 2 aliphatic heterocycles. The summed E-state index contributed by atoms with van der Waals surface area (Å²) in [7, 11) is 3.45. The van der Waals surface area contributed by atoms with Crippen molar-refractivity contribution in [1.29, 1.82) is 0 Å². The Morgan fingerprint density at radius 3 is 2.51 bits per heavy atom. The molecule has 4 unspecified atom stereocenters. The molecule has 6 rings (SSSR count). The quantitative estimate of drug-likeness (QED) is 0.168. The summed E-state index contributed by atoms with van der Waals surface area (Å²) in [6, 6.07) is 12.9. The van der Waals surface area contributed by atoms with Crippen molar-refractivity contribution in [3.63, 3.8) is 0 Å². The number of amides is 1. The fourth-order valence-corrected chi connectivity index (χ4v) is 9.13. The number of hydrogen-bond donors (Lipinski definition) is 4. The Balaban J connectivity index is 1.39. The summed E-state index contributed by atoms with van der Waals surface area (Å²) in [5.41, 5.74) is 1.41. The average Bonchev–Trinajstić information content (AvgIpc) is 3.01. The molecule has 2 heterocycles. The first kappa shape index (κ1) is 27.2. The molecule has 1 amide bonds. The molecule has 9 nitrogen and oxygen atoms in total. The summed E-state index contributed by atoms with van der Waals surface area (Å²) in [6.45, 7) is 0. The van der Waals surface area contributed by atoms with Gasteiger partial charge in [0.15, 0.2) is 5.43 Å². The SMILES string of the molecule is O=C(O)CC1CCC(NC(=O)c2ccc(C(=O)O)c(-c3c4ccc(=O)cc-4oc4cc(O)ccc34)c2)CC2SSC12. The van der Waals surface area contributed by atoms with Crippen LogP contribution in [-0.4, -0.2) is 49.7 Å². The fourth-order valence-electron chi connectivity index (χ4n) is 5.80. The van der Waals surface area contributed by atoms with E-state index < -0.39 is 11.9 Å². The van der Waals surface area contributed by atoms with Crippen LogP contribution in [-0.2, 0) is 4.79 Å². The second-order valence-corrected chi connectivity index (χ2v) is 13.1. The zero-order valence-corrected chi connectivity index (χ0v) is 23.2. The van der Waals surface area contributed by atoms with Gasteiger partial charge in [0.25, 0.3) is 5.91 Å². The molecule has 4 aliphatic rings. The normalized spacial score (nSPS) is 22.0. The van der Waals surface area contributed by atoms with Gasteiger partial charge < -0.3 is 25.1 Å². The molecule has 2 aromatic carbocycles. The number of benzene rings is 3. The number of phenolic OH excluding ortho intramolecular Hbond substituents is 1. The first-order valence-electron chi connectivity index (χ1n) is 13.1. The summed E-state index contributed by atoms with van der Waals surface area (Å²) in [4.78, 5) is 49.3. The highest BCUT2D eigenvalue weighted by molar-refractivity contribution is 8.80. The van der Waals surface area contributed by atoms with Gasteiger partial charge in [-0.15, -0.1) is 0 Å². The minimum absolute atomic E-state index is 0.0358. The third-order valence-corrected chi connectivity index (χ3v) is 11.4. The first-order chi connectivity index (χ1) is 19.7. The second kappa shape index (κ2) is 10.8. The van der Waals surface area contributed by atoms with Gasteiger partial charge in [-0.1, -0.05) is 21.6 Å². The van der Waals surface area contributed by atoms with Crippen molar-refractivity contribution in [3.8, 4) is 28.2 Å². The van der Waals surface area contributed by atoms with Gasteiger partial charge in [-0.3, -0.25) is 14.4 Å². The maximum Gasteiger partial charge on any atom is 0.336 e. The van der Waals surface area contributed by atoms with E-state index in [0.717, 1.165) is 6.42 Å². The van der Waals surface area contributed by atoms with E-state index >= 15 is 0 Å². The lowest BCUT2D eigenvalue weighted by molar-refractivity contribution is -0.138. The smallest absolute Gasteiger partial charge is 0.336 e. The molecule has 0 radical (unpaired) electrons. The summed E-state index contributed by atoms with van der Waals surface area (Å²) in [5.74, 6) is -2.13. The van der Waals surface area contributed by atoms with E-state index in [2.05, 4.69) is 5.32 Å². The van der Waals surface area contributed by atoms with E-state index in [4.69, 9.17) is 4.42 Å². The molecular formula is C30H25NO8S2. The second-order valence-electron chi connectivity index (χ2n) is 10.4. The molecule has 210 valence electrons. The number of carbonyl (C=O) groups excluding carboxylic acids is 1. The lowest BCUT2D eigenvalue weighted by atomic mass is 9.89. The Morgan fingerprint density at radius 1 is 0.951 bits per heavy atom. The molecule has 4 N–H and O–H groups in total. The van der Waals surface area contributed by atoms with Crippen LogP contribution in [0, 0.1) is 5.92 Å². The lowest BCUT2D eigenvalue weighted by Crippen LogP contribution is -2.39. The van der Waals surface area contributed by atoms with Gasteiger partial charge in [-0.05, 0) is 73.2 Å². The Kier molecular flexibility index (Phi) is 7.16. The molecule has 41 heavy (non-hydrogen) atoms. The van der Waals surface area contributed by atoms with Crippen molar-refractivity contribution in [2.45, 2.75) is 42.2 Å². The van der Waals surface area contributed by atoms with Crippen LogP contribution < -0.4 is 10.7 Å². The first-order valence-corrected chi connectivity index (χ1v) is 15.4. The molecule has 0 aromatic heterocycles. The third-order valence-electron chi connectivity index (χ3n) is 7.75. The Labute approximate surface area is 241 Å². The highest BCUT2D eigenvalue weighted by atomic mass is 33.1. The monoisotopic (exact) mass is 591 g/mol. The van der Waals surface area contributed by atoms with Crippen LogP contribution >= 0.6 is 21.6 Å². The van der Waals surface area contributed by atoms with Gasteiger partial charge in [0.2, 0.25) is 0 Å². The maximum absolute atomic E-state index is 13.5. The predicted molar refractivity (Wildman–Crippen MR) is 157 cm³/mol. The predicted octanol–water partition coefficient (Wildman–Crippen LogP) is 5.47. The molecule has 0 spiro atoms. The number of carbonyl (C=O) groups is 3. The van der Waals surface area contributed by atoms with E-state index in [0.29, 0.717) is 29.4 Å². The molecule has 2 aliphatic carbocycles. The van der Waals surface area contributed by atoms with E-state index in [1.165, 1.54) is 42.5 Å². The number of aromatic hydroxyl groups is 1. The number of rotatable bonds is 6. The number of carboxylic acid groups (broad SMARTS) is 2. The minimum Gasteiger partial charge on any atom is -0.508 e. The summed E-state index contributed by atoms with van der Waals surface area (Å²) < 4.78 is 5.89. The minimum atomic E-state index is -1.19. The van der Waals surface area contributed by atoms with Crippen LogP contribution in [0.15, 0.2) is 63.8 Å². The highest BCUT2D eigenvalue weighted by Crippen LogP contribution is 2.56. The zero-order chi connectivity index (χ0) is 28.8. The Morgan fingerprint density at radius 2 is 1.78 bits per heavy atom. The molecule has 0 bridgehead atoms. The van der Waals surface area contributed by atoms with Crippen molar-refractivity contribution < 1.29 is 34.1 Å². The molecule has 1 saturated heterocycles. The van der Waals surface area contributed by atoms with Gasteiger partial charge >= 0.3 is 11.9 Å². The van der Waals surface area contributed by atoms with Crippen LogP contribution in [0.3, 0.4) is 0 Å². The number of aliphatic carboxylic acids is 1. The van der Waals surface area contributed by atoms with E-state index in [1.54, 1.807) is 33.7 Å². The van der Waals surface area contributed by atoms with E-state index in [-0.39, 0.29) is 74.0 Å². The van der Waals surface area contributed by atoms with Crippen LogP contribution in [0.5, 0.6) is 5.75 Å². The van der Waals surface area contributed by atoms with Crippen LogP contribution in [0.2, 0.25) is 0 Å². The molecular weight excluding hydrogens is 566 g/mol. The van der Waals surface area contributed by atoms with Gasteiger partial charge in [0.05, 0.1) is 5.56 Å². The van der Waals surface area contributed by atoms with Crippen LogP contribution in [0.4, 0.5) is 0 Å². The molecule has 2 fully saturated rings. The summed E-state index contributed by atoms with van der Waals surface area (Å²) in [5, 5.41) is 33.6. The van der Waals surface area contributed by atoms with E-state index in [1.807, 2.05) is 0 Å². The number of carboxylic acids is 2. The third kappa shape index (κ3) is 5.27. The fraction of sp³-hybridized carbons (Fsp3) is 0.267. The van der Waals surface area contributed by atoms with Crippen molar-refractivity contribution >= 4 is 50.4 Å². The number of fused-ring (bicyclic) bond motifs is 3. The van der Waals surface area contributed by atoms with Crippen molar-refractivity contribution in [2.75, 3.05) is 0 Å². The van der Waals surface area contributed by atoms with Gasteiger partial charge in [-0.25, -0.2) is 4.79 Å². The molecule has 1 saturated carbocycles. The molecule has 11 heteroatoms. The number of nitrogens with one attached hydrogen (secondary N) is 1. The van der Waals surface area contributed by atoms with Crippen molar-refractivity contribution in [3.05, 3.63) is 75.9 Å². The number of aromatic carboxylic acids is 1. The highest BCUT2D eigenvalue weighted by Gasteiger charge is 2.43. The molecule has 2 aromatic rings.